The molecule has 86 valence electrons. The van der Waals surface area contributed by atoms with Crippen molar-refractivity contribution in [2.75, 3.05) is 20.1 Å². The Hall–Kier alpha value is -0.170. The molecule has 0 spiro atoms. The topological polar surface area (TPSA) is 75.4 Å². The predicted octanol–water partition coefficient (Wildman–Crippen LogP) is -0.100. The zero-order valence-electron chi connectivity index (χ0n) is 9.37. The Morgan fingerprint density at radius 2 is 1.86 bits per heavy atom. The van der Waals surface area contributed by atoms with Crippen molar-refractivity contribution >= 4 is 10.2 Å². The average Bonchev–Trinajstić information content (AvgIpc) is 1.95. The van der Waals surface area contributed by atoms with Gasteiger partial charge in [0.15, 0.2) is 0 Å². The number of nitrogens with zero attached hydrogens (tertiary/aromatic N) is 1. The highest BCUT2D eigenvalue weighted by molar-refractivity contribution is 7.87. The molecule has 3 N–H and O–H groups in total. The van der Waals surface area contributed by atoms with Crippen LogP contribution in [-0.4, -0.2) is 38.4 Å². The van der Waals surface area contributed by atoms with Crippen LogP contribution in [0.4, 0.5) is 0 Å². The minimum absolute atomic E-state index is 0.446. The first-order valence-corrected chi connectivity index (χ1v) is 6.08. The maximum atomic E-state index is 11.6. The van der Waals surface area contributed by atoms with Gasteiger partial charge in [-0.2, -0.15) is 17.4 Å². The lowest BCUT2D eigenvalue weighted by atomic mass is 10.1. The summed E-state index contributed by atoms with van der Waals surface area (Å²) in [5.74, 6) is 0. The molecule has 0 aromatic carbocycles. The molecule has 14 heavy (non-hydrogen) atoms. The second-order valence-electron chi connectivity index (χ2n) is 4.32. The molecular formula is C8H21N3O2S. The fourth-order valence-corrected chi connectivity index (χ4v) is 2.20. The molecule has 0 bridgehead atoms. The van der Waals surface area contributed by atoms with Gasteiger partial charge in [0.1, 0.15) is 0 Å². The van der Waals surface area contributed by atoms with E-state index in [1.54, 1.807) is 27.8 Å². The molecule has 5 nitrogen and oxygen atoms in total. The summed E-state index contributed by atoms with van der Waals surface area (Å²) in [6.07, 6.45) is 0.668. The fraction of sp³-hybridized carbons (Fsp3) is 1.00. The number of hydrogen-bond acceptors (Lipinski definition) is 3. The van der Waals surface area contributed by atoms with E-state index in [4.69, 9.17) is 5.73 Å². The molecule has 6 heteroatoms. The maximum absolute atomic E-state index is 11.6. The second-order valence-corrected chi connectivity index (χ2v) is 6.10. The molecular weight excluding hydrogens is 202 g/mol. The molecule has 0 saturated heterocycles. The van der Waals surface area contributed by atoms with Crippen LogP contribution in [0.15, 0.2) is 0 Å². The number of rotatable bonds is 5. The van der Waals surface area contributed by atoms with Crippen LogP contribution in [0.25, 0.3) is 0 Å². The third-order valence-electron chi connectivity index (χ3n) is 1.52. The van der Waals surface area contributed by atoms with Crippen LogP contribution in [0.5, 0.6) is 0 Å². The van der Waals surface area contributed by atoms with Crippen molar-refractivity contribution in [2.45, 2.75) is 32.7 Å². The van der Waals surface area contributed by atoms with E-state index in [0.717, 1.165) is 0 Å². The van der Waals surface area contributed by atoms with E-state index < -0.39 is 15.7 Å². The number of nitrogens with two attached hydrogens (primary N) is 1. The summed E-state index contributed by atoms with van der Waals surface area (Å²) in [7, 11) is -1.82. The SMILES string of the molecule is CN(CCCN)S(=O)(=O)NC(C)(C)C. The lowest BCUT2D eigenvalue weighted by Crippen LogP contribution is -2.47. The fourth-order valence-electron chi connectivity index (χ4n) is 0.899. The van der Waals surface area contributed by atoms with Crippen molar-refractivity contribution in [1.82, 2.24) is 9.03 Å². The highest BCUT2D eigenvalue weighted by atomic mass is 32.2. The second kappa shape index (κ2) is 5.06. The van der Waals surface area contributed by atoms with Gasteiger partial charge in [-0.15, -0.1) is 0 Å². The van der Waals surface area contributed by atoms with Crippen molar-refractivity contribution in [3.8, 4) is 0 Å². The van der Waals surface area contributed by atoms with E-state index in [9.17, 15) is 8.42 Å². The Bertz CT molecular complexity index is 256. The predicted molar refractivity (Wildman–Crippen MR) is 58.1 cm³/mol. The minimum atomic E-state index is -3.36. The van der Waals surface area contributed by atoms with Crippen LogP contribution < -0.4 is 10.5 Å². The largest absolute Gasteiger partial charge is 0.330 e. The van der Waals surface area contributed by atoms with Crippen molar-refractivity contribution in [1.29, 1.82) is 0 Å². The molecule has 0 heterocycles. The van der Waals surface area contributed by atoms with Crippen LogP contribution in [0.3, 0.4) is 0 Å². The molecule has 0 unspecified atom stereocenters. The van der Waals surface area contributed by atoms with Gasteiger partial charge in [0, 0.05) is 19.1 Å². The van der Waals surface area contributed by atoms with Crippen molar-refractivity contribution in [3.05, 3.63) is 0 Å². The highest BCUT2D eigenvalue weighted by Gasteiger charge is 2.23. The Labute approximate surface area is 86.8 Å². The van der Waals surface area contributed by atoms with Crippen LogP contribution in [0.1, 0.15) is 27.2 Å². The summed E-state index contributed by atoms with van der Waals surface area (Å²) in [4.78, 5) is 0. The summed E-state index contributed by atoms with van der Waals surface area (Å²) in [5, 5.41) is 0. The van der Waals surface area contributed by atoms with Crippen LogP contribution >= 0.6 is 0 Å². The normalized spacial score (nSPS) is 13.6. The number of nitrogens with one attached hydrogen (secondary N) is 1. The molecule has 0 fully saturated rings. The van der Waals surface area contributed by atoms with Crippen LogP contribution in [0.2, 0.25) is 0 Å². The van der Waals surface area contributed by atoms with E-state index in [1.165, 1.54) is 4.31 Å². The van der Waals surface area contributed by atoms with Gasteiger partial charge >= 0.3 is 0 Å². The Morgan fingerprint density at radius 3 is 2.21 bits per heavy atom. The van der Waals surface area contributed by atoms with Gasteiger partial charge < -0.3 is 5.73 Å². The van der Waals surface area contributed by atoms with E-state index in [0.29, 0.717) is 19.5 Å². The van der Waals surface area contributed by atoms with E-state index in [-0.39, 0.29) is 0 Å². The lowest BCUT2D eigenvalue weighted by Gasteiger charge is -2.25. The molecule has 0 aliphatic rings. The third kappa shape index (κ3) is 5.54. The van der Waals surface area contributed by atoms with Crippen LogP contribution in [0, 0.1) is 0 Å². The summed E-state index contributed by atoms with van der Waals surface area (Å²) in [6, 6.07) is 0. The monoisotopic (exact) mass is 223 g/mol. The first-order valence-electron chi connectivity index (χ1n) is 4.64. The Balaban J connectivity index is 4.32. The molecule has 0 radical (unpaired) electrons. The van der Waals surface area contributed by atoms with E-state index >= 15 is 0 Å². The summed E-state index contributed by atoms with van der Waals surface area (Å²) in [6.45, 7) is 6.36. The summed E-state index contributed by atoms with van der Waals surface area (Å²) in [5.41, 5.74) is 4.86. The summed E-state index contributed by atoms with van der Waals surface area (Å²) < 4.78 is 27.1. The van der Waals surface area contributed by atoms with Gasteiger partial charge in [0.05, 0.1) is 0 Å². The van der Waals surface area contributed by atoms with Gasteiger partial charge in [-0.3, -0.25) is 0 Å². The lowest BCUT2D eigenvalue weighted by molar-refractivity contribution is 0.420. The highest BCUT2D eigenvalue weighted by Crippen LogP contribution is 2.04. The minimum Gasteiger partial charge on any atom is -0.330 e. The molecule has 0 aliphatic heterocycles. The smallest absolute Gasteiger partial charge is 0.279 e. The molecule has 0 rings (SSSR count). The van der Waals surface area contributed by atoms with Gasteiger partial charge in [0.25, 0.3) is 10.2 Å². The quantitative estimate of drug-likeness (QED) is 0.683. The van der Waals surface area contributed by atoms with E-state index in [1.807, 2.05) is 0 Å². The summed E-state index contributed by atoms with van der Waals surface area (Å²) >= 11 is 0. The van der Waals surface area contributed by atoms with Gasteiger partial charge in [-0.25, -0.2) is 0 Å². The molecule has 0 aliphatic carbocycles. The molecule has 0 amide bonds. The van der Waals surface area contributed by atoms with Gasteiger partial charge in [0.2, 0.25) is 0 Å². The zero-order valence-corrected chi connectivity index (χ0v) is 10.2. The van der Waals surface area contributed by atoms with Gasteiger partial charge in [-0.1, -0.05) is 0 Å². The van der Waals surface area contributed by atoms with Crippen LogP contribution in [-0.2, 0) is 10.2 Å². The van der Waals surface area contributed by atoms with Crippen molar-refractivity contribution in [3.63, 3.8) is 0 Å². The first kappa shape index (κ1) is 13.8. The van der Waals surface area contributed by atoms with Crippen molar-refractivity contribution < 1.29 is 8.42 Å². The first-order chi connectivity index (χ1) is 6.19. The Kier molecular flexibility index (Phi) is 5.00. The maximum Gasteiger partial charge on any atom is 0.279 e. The van der Waals surface area contributed by atoms with Gasteiger partial charge in [-0.05, 0) is 33.7 Å². The molecule has 0 saturated carbocycles. The van der Waals surface area contributed by atoms with E-state index in [2.05, 4.69) is 4.72 Å². The number of hydrogen-bond donors (Lipinski definition) is 2. The molecule has 0 atom stereocenters. The standard InChI is InChI=1S/C8H21N3O2S/c1-8(2,3)10-14(12,13)11(4)7-5-6-9/h10H,5-7,9H2,1-4H3. The van der Waals surface area contributed by atoms with Crippen molar-refractivity contribution in [2.24, 2.45) is 5.73 Å². The molecule has 0 aromatic rings. The molecule has 0 aromatic heterocycles. The Morgan fingerprint density at radius 1 is 1.36 bits per heavy atom. The third-order valence-corrected chi connectivity index (χ3v) is 3.40. The average molecular weight is 223 g/mol. The zero-order chi connectivity index (χ0) is 11.4.